The van der Waals surface area contributed by atoms with Gasteiger partial charge in [0.2, 0.25) is 0 Å². The molecule has 4 rings (SSSR count). The summed E-state index contributed by atoms with van der Waals surface area (Å²) in [5, 5.41) is 10.2. The maximum absolute atomic E-state index is 11.2. The molecule has 5 heteroatoms. The van der Waals surface area contributed by atoms with Crippen LogP contribution in [0.2, 0.25) is 0 Å². The highest BCUT2D eigenvalue weighted by Crippen LogP contribution is 2.43. The number of carboxylic acid groups (broad SMARTS) is 1. The van der Waals surface area contributed by atoms with Crippen LogP contribution in [0.15, 0.2) is 24.3 Å². The largest absolute Gasteiger partial charge is 0.492 e. The number of carboxylic acids is 1. The summed E-state index contributed by atoms with van der Waals surface area (Å²) in [6.45, 7) is 0.601. The Morgan fingerprint density at radius 1 is 1.40 bits per heavy atom. The first-order valence-electron chi connectivity index (χ1n) is 6.68. The molecule has 1 aromatic heterocycles. The Morgan fingerprint density at radius 3 is 3.10 bits per heavy atom. The lowest BCUT2D eigenvalue weighted by Crippen LogP contribution is -2.09. The van der Waals surface area contributed by atoms with Gasteiger partial charge in [0, 0.05) is 10.4 Å². The lowest BCUT2D eigenvalue weighted by Gasteiger charge is -2.06. The molecule has 1 aliphatic carbocycles. The molecule has 20 heavy (non-hydrogen) atoms. The van der Waals surface area contributed by atoms with Gasteiger partial charge in [-0.3, -0.25) is 4.79 Å². The average molecular weight is 287 g/mol. The molecule has 2 heterocycles. The second-order valence-electron chi connectivity index (χ2n) is 5.19. The van der Waals surface area contributed by atoms with Crippen LogP contribution in [-0.2, 0) is 11.2 Å². The zero-order valence-corrected chi connectivity index (χ0v) is 11.5. The molecule has 0 bridgehead atoms. The monoisotopic (exact) mass is 287 g/mol. The van der Waals surface area contributed by atoms with Crippen molar-refractivity contribution >= 4 is 17.3 Å². The number of carbonyl (C=O) groups is 1. The summed E-state index contributed by atoms with van der Waals surface area (Å²) in [5.41, 5.74) is 1.94. The number of thiazole rings is 1. The van der Waals surface area contributed by atoms with Crippen LogP contribution in [0, 0.1) is 0 Å². The number of aliphatic carboxylic acids is 1. The Labute approximate surface area is 120 Å². The van der Waals surface area contributed by atoms with E-state index < -0.39 is 11.9 Å². The molecule has 2 unspecified atom stereocenters. The van der Waals surface area contributed by atoms with Crippen molar-refractivity contribution in [3.05, 3.63) is 45.4 Å². The summed E-state index contributed by atoms with van der Waals surface area (Å²) < 4.78 is 5.69. The topological polar surface area (TPSA) is 59.4 Å². The number of aromatic nitrogens is 1. The molecule has 0 spiro atoms. The van der Waals surface area contributed by atoms with Crippen molar-refractivity contribution in [1.82, 2.24) is 4.98 Å². The third-order valence-corrected chi connectivity index (χ3v) is 5.27. The highest BCUT2D eigenvalue weighted by molar-refractivity contribution is 7.12. The van der Waals surface area contributed by atoms with E-state index >= 15 is 0 Å². The molecule has 0 saturated heterocycles. The first kappa shape index (κ1) is 11.9. The molecule has 2 aromatic rings. The molecule has 102 valence electrons. The fraction of sp³-hybridized carbons (Fsp3) is 0.333. The van der Waals surface area contributed by atoms with E-state index in [1.165, 1.54) is 0 Å². The molecule has 2 aliphatic rings. The molecule has 2 atom stereocenters. The molecule has 0 radical (unpaired) electrons. The minimum absolute atomic E-state index is 0.149. The number of ether oxygens (including phenoxy) is 1. The van der Waals surface area contributed by atoms with Crippen molar-refractivity contribution < 1.29 is 14.6 Å². The number of fused-ring (bicyclic) bond motifs is 2. The van der Waals surface area contributed by atoms with Crippen LogP contribution < -0.4 is 4.74 Å². The van der Waals surface area contributed by atoms with E-state index in [1.54, 1.807) is 11.3 Å². The number of hydrogen-bond donors (Lipinski definition) is 1. The van der Waals surface area contributed by atoms with E-state index in [9.17, 15) is 9.90 Å². The van der Waals surface area contributed by atoms with Crippen LogP contribution in [0.1, 0.15) is 39.4 Å². The van der Waals surface area contributed by atoms with Crippen molar-refractivity contribution in [2.45, 2.75) is 24.7 Å². The molecule has 1 N–H and O–H groups in total. The van der Waals surface area contributed by atoms with Gasteiger partial charge in [0.15, 0.2) is 0 Å². The van der Waals surface area contributed by atoms with E-state index in [0.29, 0.717) is 13.0 Å². The SMILES string of the molecule is O=C(O)C1CCc2sc(C3COc4ccccc43)nc21. The lowest BCUT2D eigenvalue weighted by atomic mass is 10.0. The minimum Gasteiger partial charge on any atom is -0.492 e. The van der Waals surface area contributed by atoms with E-state index in [0.717, 1.165) is 33.3 Å². The van der Waals surface area contributed by atoms with Crippen molar-refractivity contribution in [2.24, 2.45) is 0 Å². The van der Waals surface area contributed by atoms with Crippen molar-refractivity contribution in [1.29, 1.82) is 0 Å². The number of aryl methyl sites for hydroxylation is 1. The summed E-state index contributed by atoms with van der Waals surface area (Å²) in [5.74, 6) is -0.116. The van der Waals surface area contributed by atoms with E-state index in [-0.39, 0.29) is 5.92 Å². The van der Waals surface area contributed by atoms with E-state index in [1.807, 2.05) is 18.2 Å². The predicted octanol–water partition coefficient (Wildman–Crippen LogP) is 2.78. The summed E-state index contributed by atoms with van der Waals surface area (Å²) in [6.07, 6.45) is 1.51. The van der Waals surface area contributed by atoms with Crippen molar-refractivity contribution in [3.8, 4) is 5.75 Å². The van der Waals surface area contributed by atoms with Gasteiger partial charge in [0.25, 0.3) is 0 Å². The third-order valence-electron chi connectivity index (χ3n) is 4.03. The van der Waals surface area contributed by atoms with Gasteiger partial charge in [-0.2, -0.15) is 0 Å². The Balaban J connectivity index is 1.72. The van der Waals surface area contributed by atoms with E-state index in [2.05, 4.69) is 11.1 Å². The van der Waals surface area contributed by atoms with Gasteiger partial charge >= 0.3 is 5.97 Å². The summed E-state index contributed by atoms with van der Waals surface area (Å²) >= 11 is 1.65. The fourth-order valence-electron chi connectivity index (χ4n) is 3.00. The van der Waals surface area contributed by atoms with Crippen LogP contribution in [0.4, 0.5) is 0 Å². The van der Waals surface area contributed by atoms with Crippen LogP contribution in [0.5, 0.6) is 5.75 Å². The van der Waals surface area contributed by atoms with Gasteiger partial charge in [0.1, 0.15) is 23.3 Å². The Hall–Kier alpha value is -1.88. The average Bonchev–Trinajstić information content (AvgIpc) is 3.10. The zero-order valence-electron chi connectivity index (χ0n) is 10.7. The number of hydrogen-bond acceptors (Lipinski definition) is 4. The first-order valence-corrected chi connectivity index (χ1v) is 7.49. The lowest BCUT2D eigenvalue weighted by molar-refractivity contribution is -0.138. The first-order chi connectivity index (χ1) is 9.74. The molecule has 1 aromatic carbocycles. The third kappa shape index (κ3) is 1.66. The maximum Gasteiger partial charge on any atom is 0.312 e. The van der Waals surface area contributed by atoms with Crippen LogP contribution in [0.25, 0.3) is 0 Å². The van der Waals surface area contributed by atoms with Crippen LogP contribution in [0.3, 0.4) is 0 Å². The molecule has 4 nitrogen and oxygen atoms in total. The summed E-state index contributed by atoms with van der Waals surface area (Å²) in [4.78, 5) is 17.0. The Bertz CT molecular complexity index is 694. The molecule has 1 aliphatic heterocycles. The van der Waals surface area contributed by atoms with E-state index in [4.69, 9.17) is 4.74 Å². The predicted molar refractivity (Wildman–Crippen MR) is 74.6 cm³/mol. The Morgan fingerprint density at radius 2 is 2.25 bits per heavy atom. The van der Waals surface area contributed by atoms with Crippen molar-refractivity contribution in [2.75, 3.05) is 6.61 Å². The molecular weight excluding hydrogens is 274 g/mol. The van der Waals surface area contributed by atoms with Gasteiger partial charge in [-0.05, 0) is 18.9 Å². The van der Waals surface area contributed by atoms with Gasteiger partial charge in [-0.25, -0.2) is 4.98 Å². The quantitative estimate of drug-likeness (QED) is 0.922. The summed E-state index contributed by atoms with van der Waals surface area (Å²) in [7, 11) is 0. The van der Waals surface area contributed by atoms with Crippen molar-refractivity contribution in [3.63, 3.8) is 0 Å². The number of rotatable bonds is 2. The molecule has 0 saturated carbocycles. The fourth-order valence-corrected chi connectivity index (χ4v) is 4.25. The highest BCUT2D eigenvalue weighted by atomic mass is 32.1. The van der Waals surface area contributed by atoms with Gasteiger partial charge in [-0.15, -0.1) is 11.3 Å². The van der Waals surface area contributed by atoms with Gasteiger partial charge < -0.3 is 9.84 Å². The van der Waals surface area contributed by atoms with Gasteiger partial charge in [0.05, 0.1) is 11.6 Å². The zero-order chi connectivity index (χ0) is 13.7. The standard InChI is InChI=1S/C15H13NO3S/c17-15(18)9-5-6-12-13(9)16-14(20-12)10-7-19-11-4-2-1-3-8(10)11/h1-4,9-10H,5-7H2,(H,17,18). The highest BCUT2D eigenvalue weighted by Gasteiger charge is 2.35. The smallest absolute Gasteiger partial charge is 0.312 e. The van der Waals surface area contributed by atoms with Crippen LogP contribution in [-0.4, -0.2) is 22.7 Å². The number of benzene rings is 1. The minimum atomic E-state index is -0.760. The van der Waals surface area contributed by atoms with Crippen LogP contribution >= 0.6 is 11.3 Å². The second kappa shape index (κ2) is 4.31. The Kier molecular flexibility index (Phi) is 2.57. The number of para-hydroxylation sites is 1. The molecule has 0 amide bonds. The molecular formula is C15H13NO3S. The normalized spacial score (nSPS) is 23.2. The summed E-state index contributed by atoms with van der Waals surface area (Å²) in [6, 6.07) is 8.00. The molecule has 0 fully saturated rings. The second-order valence-corrected chi connectivity index (χ2v) is 6.31. The number of nitrogens with zero attached hydrogens (tertiary/aromatic N) is 1. The maximum atomic E-state index is 11.2. The van der Waals surface area contributed by atoms with Gasteiger partial charge in [-0.1, -0.05) is 18.2 Å².